The lowest BCUT2D eigenvalue weighted by Gasteiger charge is -2.16. The van der Waals surface area contributed by atoms with Gasteiger partial charge in [0.15, 0.2) is 0 Å². The van der Waals surface area contributed by atoms with Crippen LogP contribution in [0.4, 0.5) is 29.3 Å². The molecule has 0 aliphatic carbocycles. The molecule has 0 unspecified atom stereocenters. The number of ether oxygens (including phenoxy) is 2. The number of amides is 2. The number of nitrogens with one attached hydrogen (secondary N) is 3. The van der Waals surface area contributed by atoms with Crippen LogP contribution >= 0.6 is 0 Å². The first-order valence-corrected chi connectivity index (χ1v) is 13.8. The monoisotopic (exact) mass is 660 g/mol. The molecule has 14 heteroatoms. The minimum atomic E-state index is -5.08. The van der Waals surface area contributed by atoms with Crippen LogP contribution in [-0.2, 0) is 4.79 Å². The van der Waals surface area contributed by atoms with Crippen molar-refractivity contribution in [2.24, 2.45) is 5.73 Å². The Balaban J connectivity index is 0.000000671. The summed E-state index contributed by atoms with van der Waals surface area (Å²) >= 11 is 0. The van der Waals surface area contributed by atoms with Gasteiger partial charge in [0.1, 0.15) is 23.1 Å². The zero-order valence-electron chi connectivity index (χ0n) is 25.0. The Morgan fingerprint density at radius 2 is 1.42 bits per heavy atom. The molecular weight excluding hydrogens is 633 g/mol. The third-order valence-electron chi connectivity index (χ3n) is 6.63. The van der Waals surface area contributed by atoms with E-state index in [0.29, 0.717) is 45.3 Å². The fraction of sp³-hybridized carbons (Fsp3) is 0.0588. The number of anilines is 2. The van der Waals surface area contributed by atoms with E-state index in [1.54, 1.807) is 72.8 Å². The molecule has 0 bridgehead atoms. The number of urea groups is 1. The van der Waals surface area contributed by atoms with Gasteiger partial charge in [-0.25, -0.2) is 14.4 Å². The van der Waals surface area contributed by atoms with Crippen molar-refractivity contribution in [1.29, 1.82) is 5.41 Å². The maximum atomic E-state index is 12.8. The number of benzene rings is 5. The second kappa shape index (κ2) is 14.7. The van der Waals surface area contributed by atoms with Crippen LogP contribution in [0.15, 0.2) is 103 Å². The Hall–Kier alpha value is -6.57. The standard InChI is InChI=1S/C32H26N4O5.C2HF3O2/c1-40-29-9-5-4-8-27(29)36-32(39)35-22-13-15-28(26(18-22)24-6-2-3-7-25(24)31(37)38)41-23-14-12-19-16-21(30(33)34)11-10-20(19)17-23;3-2(4,5)1(6)7/h2-18H,1H3,(H3,33,34)(H,37,38)(H2,35,36,39);(H,6,7). The number of hydrogen-bond acceptors (Lipinski definition) is 6. The van der Waals surface area contributed by atoms with Gasteiger partial charge in [-0.15, -0.1) is 0 Å². The van der Waals surface area contributed by atoms with Gasteiger partial charge >= 0.3 is 24.1 Å². The summed E-state index contributed by atoms with van der Waals surface area (Å²) in [7, 11) is 1.52. The van der Waals surface area contributed by atoms with Crippen LogP contribution in [0.3, 0.4) is 0 Å². The molecule has 246 valence electrons. The van der Waals surface area contributed by atoms with E-state index in [4.69, 9.17) is 30.5 Å². The van der Waals surface area contributed by atoms with Crippen molar-refractivity contribution < 1.29 is 47.2 Å². The normalized spacial score (nSPS) is 10.7. The lowest BCUT2D eigenvalue weighted by atomic mass is 9.98. The molecule has 7 N–H and O–H groups in total. The van der Waals surface area contributed by atoms with Crippen molar-refractivity contribution in [3.05, 3.63) is 114 Å². The number of amidine groups is 1. The lowest BCUT2D eigenvalue weighted by molar-refractivity contribution is -0.192. The highest BCUT2D eigenvalue weighted by atomic mass is 19.4. The van der Waals surface area contributed by atoms with E-state index < -0.39 is 24.1 Å². The van der Waals surface area contributed by atoms with Crippen LogP contribution in [0.2, 0.25) is 0 Å². The number of aliphatic carboxylic acids is 1. The first kappa shape index (κ1) is 34.3. The van der Waals surface area contributed by atoms with Crippen LogP contribution in [0.25, 0.3) is 21.9 Å². The summed E-state index contributed by atoms with van der Waals surface area (Å²) in [6, 6.07) is 29.1. The molecule has 0 aliphatic rings. The van der Waals surface area contributed by atoms with Crippen LogP contribution in [0.1, 0.15) is 15.9 Å². The van der Waals surface area contributed by atoms with Crippen molar-refractivity contribution in [1.82, 2.24) is 0 Å². The molecule has 2 amide bonds. The minimum Gasteiger partial charge on any atom is -0.495 e. The largest absolute Gasteiger partial charge is 0.495 e. The Bertz CT molecular complexity index is 2020. The Labute approximate surface area is 270 Å². The van der Waals surface area contributed by atoms with E-state index in [2.05, 4.69) is 10.6 Å². The number of hydrogen-bond donors (Lipinski definition) is 6. The van der Waals surface area contributed by atoms with Gasteiger partial charge in [-0.05, 0) is 70.9 Å². The number of fused-ring (bicyclic) bond motifs is 1. The minimum absolute atomic E-state index is 0.0146. The second-order valence-electron chi connectivity index (χ2n) is 9.88. The number of halogens is 3. The highest BCUT2D eigenvalue weighted by Crippen LogP contribution is 2.38. The number of methoxy groups -OCH3 is 1. The maximum absolute atomic E-state index is 12.8. The van der Waals surface area contributed by atoms with E-state index in [1.807, 2.05) is 24.3 Å². The van der Waals surface area contributed by atoms with Gasteiger partial charge in [0.05, 0.1) is 18.4 Å². The number of nitrogen functional groups attached to an aromatic ring is 1. The van der Waals surface area contributed by atoms with E-state index >= 15 is 0 Å². The number of para-hydroxylation sites is 2. The maximum Gasteiger partial charge on any atom is 0.490 e. The summed E-state index contributed by atoms with van der Waals surface area (Å²) in [5, 5.41) is 32.0. The SMILES string of the molecule is COc1ccccc1NC(=O)Nc1ccc(Oc2ccc3cc(C(=N)N)ccc3c2)c(-c2ccccc2C(=O)O)c1.O=C(O)C(F)(F)F. The average molecular weight is 661 g/mol. The van der Waals surface area contributed by atoms with Gasteiger partial charge in [0.25, 0.3) is 0 Å². The predicted molar refractivity (Wildman–Crippen MR) is 173 cm³/mol. The first-order chi connectivity index (χ1) is 22.8. The van der Waals surface area contributed by atoms with Crippen molar-refractivity contribution >= 4 is 46.0 Å². The predicted octanol–water partition coefficient (Wildman–Crippen LogP) is 7.57. The van der Waals surface area contributed by atoms with E-state index in [0.717, 1.165) is 10.8 Å². The molecule has 48 heavy (non-hydrogen) atoms. The number of carbonyl (C=O) groups excluding carboxylic acids is 1. The van der Waals surface area contributed by atoms with Crippen molar-refractivity contribution in [2.45, 2.75) is 6.18 Å². The van der Waals surface area contributed by atoms with Crippen molar-refractivity contribution in [2.75, 3.05) is 17.7 Å². The summed E-state index contributed by atoms with van der Waals surface area (Å²) in [6.45, 7) is 0. The third-order valence-corrected chi connectivity index (χ3v) is 6.63. The number of nitrogens with two attached hydrogens (primary N) is 1. The Kier molecular flexibility index (Phi) is 10.5. The van der Waals surface area contributed by atoms with Crippen molar-refractivity contribution in [3.63, 3.8) is 0 Å². The molecule has 0 spiro atoms. The smallest absolute Gasteiger partial charge is 0.490 e. The van der Waals surface area contributed by atoms with E-state index in [-0.39, 0.29) is 11.4 Å². The Morgan fingerprint density at radius 1 is 0.771 bits per heavy atom. The molecule has 0 fully saturated rings. The van der Waals surface area contributed by atoms with Gasteiger partial charge in [0, 0.05) is 16.8 Å². The topological polar surface area (TPSA) is 184 Å². The number of carboxylic acids is 2. The zero-order chi connectivity index (χ0) is 35.0. The van der Waals surface area contributed by atoms with Crippen LogP contribution in [0.5, 0.6) is 17.2 Å². The molecular formula is C34H27F3N4O7. The number of carboxylic acid groups (broad SMARTS) is 2. The number of alkyl halides is 3. The molecule has 0 aliphatic heterocycles. The van der Waals surface area contributed by atoms with Crippen LogP contribution in [-0.4, -0.2) is 47.3 Å². The summed E-state index contributed by atoms with van der Waals surface area (Å²) in [5.41, 5.74) is 8.15. The lowest BCUT2D eigenvalue weighted by Crippen LogP contribution is -2.21. The second-order valence-corrected chi connectivity index (χ2v) is 9.88. The third kappa shape index (κ3) is 8.57. The summed E-state index contributed by atoms with van der Waals surface area (Å²) in [5.74, 6) is -2.43. The first-order valence-electron chi connectivity index (χ1n) is 13.8. The van der Waals surface area contributed by atoms with E-state index in [9.17, 15) is 27.9 Å². The molecule has 5 aromatic rings. The molecule has 0 saturated heterocycles. The highest BCUT2D eigenvalue weighted by Gasteiger charge is 2.38. The summed E-state index contributed by atoms with van der Waals surface area (Å²) < 4.78 is 43.3. The highest BCUT2D eigenvalue weighted by molar-refractivity contribution is 6.02. The quantitative estimate of drug-likeness (QED) is 0.0727. The van der Waals surface area contributed by atoms with Gasteiger partial charge in [-0.2, -0.15) is 13.2 Å². The molecule has 0 atom stereocenters. The van der Waals surface area contributed by atoms with Crippen molar-refractivity contribution in [3.8, 4) is 28.4 Å². The summed E-state index contributed by atoms with van der Waals surface area (Å²) in [4.78, 5) is 33.8. The Morgan fingerprint density at radius 3 is 2.08 bits per heavy atom. The van der Waals surface area contributed by atoms with Crippen LogP contribution in [0, 0.1) is 5.41 Å². The number of carbonyl (C=O) groups is 3. The molecule has 0 radical (unpaired) electrons. The van der Waals surface area contributed by atoms with E-state index in [1.165, 1.54) is 13.2 Å². The fourth-order valence-corrected chi connectivity index (χ4v) is 4.43. The average Bonchev–Trinajstić information content (AvgIpc) is 3.05. The molecule has 0 saturated carbocycles. The summed E-state index contributed by atoms with van der Waals surface area (Å²) in [6.07, 6.45) is -5.08. The van der Waals surface area contributed by atoms with Gasteiger partial charge in [-0.1, -0.05) is 48.5 Å². The van der Waals surface area contributed by atoms with Gasteiger partial charge < -0.3 is 36.1 Å². The molecule has 0 heterocycles. The number of aromatic carboxylic acids is 1. The molecule has 5 rings (SSSR count). The molecule has 11 nitrogen and oxygen atoms in total. The molecule has 0 aromatic heterocycles. The van der Waals surface area contributed by atoms with Gasteiger partial charge in [-0.3, -0.25) is 5.41 Å². The zero-order valence-corrected chi connectivity index (χ0v) is 25.0. The van der Waals surface area contributed by atoms with Crippen LogP contribution < -0.4 is 25.8 Å². The van der Waals surface area contributed by atoms with Gasteiger partial charge in [0.2, 0.25) is 0 Å². The molecule has 5 aromatic carbocycles. The fourth-order valence-electron chi connectivity index (χ4n) is 4.43. The number of rotatable bonds is 8.